The van der Waals surface area contributed by atoms with Crippen molar-refractivity contribution in [3.05, 3.63) is 18.2 Å². The highest BCUT2D eigenvalue weighted by molar-refractivity contribution is 4.90. The van der Waals surface area contributed by atoms with Crippen molar-refractivity contribution in [2.45, 2.75) is 51.2 Å². The highest BCUT2D eigenvalue weighted by Gasteiger charge is 2.31. The number of fused-ring (bicyclic) bond motifs is 1. The molecule has 1 N–H and O–H groups in total. The van der Waals surface area contributed by atoms with Crippen LogP contribution in [0.15, 0.2) is 12.4 Å². The summed E-state index contributed by atoms with van der Waals surface area (Å²) < 4.78 is 2.22. The molecule has 1 aromatic heterocycles. The van der Waals surface area contributed by atoms with E-state index in [4.69, 9.17) is 0 Å². The minimum atomic E-state index is 0.730. The van der Waals surface area contributed by atoms with Gasteiger partial charge < -0.3 is 14.8 Å². The van der Waals surface area contributed by atoms with Crippen LogP contribution in [0, 0.1) is 6.92 Å². The molecular formula is C14H24N4. The van der Waals surface area contributed by atoms with E-state index in [1.807, 2.05) is 6.20 Å². The van der Waals surface area contributed by atoms with Gasteiger partial charge in [-0.15, -0.1) is 0 Å². The lowest BCUT2D eigenvalue weighted by molar-refractivity contribution is 0.167. The molecule has 3 rings (SSSR count). The van der Waals surface area contributed by atoms with Crippen LogP contribution in [-0.4, -0.2) is 46.2 Å². The Labute approximate surface area is 109 Å². The van der Waals surface area contributed by atoms with Crippen LogP contribution in [0.5, 0.6) is 0 Å². The molecule has 2 saturated heterocycles. The van der Waals surface area contributed by atoms with Crippen molar-refractivity contribution in [2.24, 2.45) is 0 Å². The number of nitrogens with one attached hydrogen (secondary N) is 1. The highest BCUT2D eigenvalue weighted by atomic mass is 15.2. The van der Waals surface area contributed by atoms with E-state index in [1.54, 1.807) is 0 Å². The van der Waals surface area contributed by atoms with Gasteiger partial charge in [0.2, 0.25) is 0 Å². The maximum atomic E-state index is 4.25. The van der Waals surface area contributed by atoms with E-state index in [0.717, 1.165) is 31.0 Å². The molecule has 2 aliphatic rings. The summed E-state index contributed by atoms with van der Waals surface area (Å²) in [6.07, 6.45) is 9.44. The lowest BCUT2D eigenvalue weighted by Gasteiger charge is -2.35. The van der Waals surface area contributed by atoms with Crippen LogP contribution in [-0.2, 0) is 6.54 Å². The first-order valence-electron chi connectivity index (χ1n) is 7.28. The minimum absolute atomic E-state index is 0.730. The summed E-state index contributed by atoms with van der Waals surface area (Å²) in [7, 11) is 0. The number of aryl methyl sites for hydroxylation is 1. The third-order valence-corrected chi connectivity index (χ3v) is 4.53. The molecule has 18 heavy (non-hydrogen) atoms. The number of imidazole rings is 1. The molecule has 3 heterocycles. The average molecular weight is 248 g/mol. The van der Waals surface area contributed by atoms with Crippen LogP contribution in [0.25, 0.3) is 0 Å². The quantitative estimate of drug-likeness (QED) is 0.874. The number of hydrogen-bond acceptors (Lipinski definition) is 3. The fraction of sp³-hybridized carbons (Fsp3) is 0.786. The summed E-state index contributed by atoms with van der Waals surface area (Å²) in [5, 5.41) is 3.72. The van der Waals surface area contributed by atoms with Crippen molar-refractivity contribution in [2.75, 3.05) is 19.6 Å². The standard InChI is InChI=1S/C14H24N4/c1-12-15-5-9-17(12)10-6-16-13-4-8-18-7-2-3-14(18)11-13/h5,9,13-14,16H,2-4,6-8,10-11H2,1H3. The number of piperidine rings is 1. The predicted molar refractivity (Wildman–Crippen MR) is 72.6 cm³/mol. The zero-order valence-corrected chi connectivity index (χ0v) is 11.3. The first kappa shape index (κ1) is 12.2. The molecule has 0 radical (unpaired) electrons. The van der Waals surface area contributed by atoms with Crippen LogP contribution in [0.4, 0.5) is 0 Å². The third kappa shape index (κ3) is 2.59. The molecule has 0 saturated carbocycles. The Balaban J connectivity index is 1.42. The summed E-state index contributed by atoms with van der Waals surface area (Å²) in [5.41, 5.74) is 0. The monoisotopic (exact) mass is 248 g/mol. The van der Waals surface area contributed by atoms with Gasteiger partial charge in [0.05, 0.1) is 0 Å². The molecule has 2 aliphatic heterocycles. The van der Waals surface area contributed by atoms with Crippen LogP contribution in [0.2, 0.25) is 0 Å². The second kappa shape index (κ2) is 5.41. The zero-order chi connectivity index (χ0) is 12.4. The molecule has 0 bridgehead atoms. The molecule has 100 valence electrons. The van der Waals surface area contributed by atoms with Gasteiger partial charge >= 0.3 is 0 Å². The van der Waals surface area contributed by atoms with Crippen molar-refractivity contribution in [3.63, 3.8) is 0 Å². The van der Waals surface area contributed by atoms with Crippen molar-refractivity contribution in [3.8, 4) is 0 Å². The molecule has 0 amide bonds. The molecule has 2 fully saturated rings. The number of nitrogens with zero attached hydrogens (tertiary/aromatic N) is 3. The maximum Gasteiger partial charge on any atom is 0.105 e. The van der Waals surface area contributed by atoms with Crippen molar-refractivity contribution >= 4 is 0 Å². The summed E-state index contributed by atoms with van der Waals surface area (Å²) in [6.45, 7) is 6.81. The van der Waals surface area contributed by atoms with Crippen LogP contribution >= 0.6 is 0 Å². The molecule has 2 atom stereocenters. The van der Waals surface area contributed by atoms with E-state index in [1.165, 1.54) is 38.8 Å². The van der Waals surface area contributed by atoms with Gasteiger partial charge in [0.15, 0.2) is 0 Å². The van der Waals surface area contributed by atoms with Gasteiger partial charge in [0, 0.05) is 37.6 Å². The Hall–Kier alpha value is -0.870. The van der Waals surface area contributed by atoms with Gasteiger partial charge in [-0.2, -0.15) is 0 Å². The Bertz CT molecular complexity index is 387. The molecule has 0 spiro atoms. The molecule has 0 aromatic carbocycles. The minimum Gasteiger partial charge on any atom is -0.334 e. The van der Waals surface area contributed by atoms with Crippen LogP contribution in [0.3, 0.4) is 0 Å². The first-order valence-corrected chi connectivity index (χ1v) is 7.28. The third-order valence-electron chi connectivity index (χ3n) is 4.53. The van der Waals surface area contributed by atoms with E-state index in [-0.39, 0.29) is 0 Å². The molecule has 2 unspecified atom stereocenters. The van der Waals surface area contributed by atoms with Crippen molar-refractivity contribution < 1.29 is 0 Å². The second-order valence-corrected chi connectivity index (χ2v) is 5.68. The number of hydrogen-bond donors (Lipinski definition) is 1. The van der Waals surface area contributed by atoms with E-state index >= 15 is 0 Å². The molecule has 0 aliphatic carbocycles. The fourth-order valence-corrected chi connectivity index (χ4v) is 3.44. The smallest absolute Gasteiger partial charge is 0.105 e. The van der Waals surface area contributed by atoms with Gasteiger partial charge in [-0.3, -0.25) is 0 Å². The van der Waals surface area contributed by atoms with Crippen molar-refractivity contribution in [1.82, 2.24) is 19.8 Å². The largest absolute Gasteiger partial charge is 0.334 e. The van der Waals surface area contributed by atoms with E-state index < -0.39 is 0 Å². The van der Waals surface area contributed by atoms with Crippen LogP contribution in [0.1, 0.15) is 31.5 Å². The number of rotatable bonds is 4. The highest BCUT2D eigenvalue weighted by Crippen LogP contribution is 2.26. The zero-order valence-electron chi connectivity index (χ0n) is 11.3. The average Bonchev–Trinajstić information content (AvgIpc) is 2.98. The van der Waals surface area contributed by atoms with Gasteiger partial charge in [-0.1, -0.05) is 0 Å². The molecule has 4 nitrogen and oxygen atoms in total. The van der Waals surface area contributed by atoms with Gasteiger partial charge in [0.1, 0.15) is 5.82 Å². The topological polar surface area (TPSA) is 33.1 Å². The van der Waals surface area contributed by atoms with E-state index in [0.29, 0.717) is 0 Å². The maximum absolute atomic E-state index is 4.25. The summed E-state index contributed by atoms with van der Waals surface area (Å²) in [5.74, 6) is 1.11. The molecular weight excluding hydrogens is 224 g/mol. The second-order valence-electron chi connectivity index (χ2n) is 5.68. The number of aromatic nitrogens is 2. The Morgan fingerprint density at radius 2 is 2.33 bits per heavy atom. The normalized spacial score (nSPS) is 28.5. The predicted octanol–water partition coefficient (Wildman–Crippen LogP) is 1.41. The van der Waals surface area contributed by atoms with Gasteiger partial charge in [-0.25, -0.2) is 4.98 Å². The Kier molecular flexibility index (Phi) is 3.66. The summed E-state index contributed by atoms with van der Waals surface area (Å²) >= 11 is 0. The fourth-order valence-electron chi connectivity index (χ4n) is 3.44. The van der Waals surface area contributed by atoms with Gasteiger partial charge in [-0.05, 0) is 45.7 Å². The summed E-state index contributed by atoms with van der Waals surface area (Å²) in [4.78, 5) is 6.93. The van der Waals surface area contributed by atoms with E-state index in [9.17, 15) is 0 Å². The lowest BCUT2D eigenvalue weighted by atomic mass is 9.98. The molecule has 4 heteroatoms. The van der Waals surface area contributed by atoms with E-state index in [2.05, 4.69) is 32.9 Å². The first-order chi connectivity index (χ1) is 8.83. The van der Waals surface area contributed by atoms with Crippen molar-refractivity contribution in [1.29, 1.82) is 0 Å². The van der Waals surface area contributed by atoms with Gasteiger partial charge in [0.25, 0.3) is 0 Å². The lowest BCUT2D eigenvalue weighted by Crippen LogP contribution is -2.46. The SMILES string of the molecule is Cc1nccn1CCNC1CCN2CCCC2C1. The Morgan fingerprint density at radius 1 is 1.39 bits per heavy atom. The van der Waals surface area contributed by atoms with Crippen LogP contribution < -0.4 is 5.32 Å². The molecule has 1 aromatic rings. The Morgan fingerprint density at radius 3 is 3.17 bits per heavy atom. The summed E-state index contributed by atoms with van der Waals surface area (Å²) in [6, 6.07) is 1.60.